The third kappa shape index (κ3) is 2.80. The highest BCUT2D eigenvalue weighted by molar-refractivity contribution is 5.92. The molecular formula is C15H18N4O2. The van der Waals surface area contributed by atoms with Crippen molar-refractivity contribution < 1.29 is 9.53 Å². The first-order chi connectivity index (χ1) is 10.1. The minimum absolute atomic E-state index is 0.0171. The van der Waals surface area contributed by atoms with Crippen LogP contribution in [0.15, 0.2) is 30.6 Å². The van der Waals surface area contributed by atoms with Gasteiger partial charge in [-0.15, -0.1) is 0 Å². The smallest absolute Gasteiger partial charge is 0.270 e. The van der Waals surface area contributed by atoms with Crippen molar-refractivity contribution in [3.8, 4) is 0 Å². The fraction of sp³-hybridized carbons (Fsp3) is 0.400. The summed E-state index contributed by atoms with van der Waals surface area (Å²) in [5.41, 5.74) is 1.58. The van der Waals surface area contributed by atoms with Gasteiger partial charge in [0.1, 0.15) is 11.8 Å². The summed E-state index contributed by atoms with van der Waals surface area (Å²) in [5.74, 6) is 0.655. The van der Waals surface area contributed by atoms with Crippen LogP contribution in [0, 0.1) is 6.92 Å². The summed E-state index contributed by atoms with van der Waals surface area (Å²) in [6.45, 7) is 3.48. The van der Waals surface area contributed by atoms with E-state index in [0.29, 0.717) is 31.2 Å². The van der Waals surface area contributed by atoms with E-state index < -0.39 is 0 Å². The molecule has 0 bridgehead atoms. The zero-order valence-electron chi connectivity index (χ0n) is 12.2. The Morgan fingerprint density at radius 1 is 1.43 bits per heavy atom. The molecule has 0 radical (unpaired) electrons. The molecular weight excluding hydrogens is 268 g/mol. The molecule has 0 aromatic carbocycles. The van der Waals surface area contributed by atoms with E-state index in [2.05, 4.69) is 9.97 Å². The topological polar surface area (TPSA) is 60.2 Å². The number of hydrogen-bond acceptors (Lipinski definition) is 4. The number of nitrogens with zero attached hydrogens (tertiary/aromatic N) is 4. The zero-order chi connectivity index (χ0) is 14.8. The van der Waals surface area contributed by atoms with Gasteiger partial charge < -0.3 is 14.2 Å². The Morgan fingerprint density at radius 3 is 3.00 bits per heavy atom. The van der Waals surface area contributed by atoms with Gasteiger partial charge in [-0.25, -0.2) is 9.97 Å². The summed E-state index contributed by atoms with van der Waals surface area (Å²) >= 11 is 0. The Balaban J connectivity index is 1.77. The molecule has 21 heavy (non-hydrogen) atoms. The molecule has 1 atom stereocenters. The van der Waals surface area contributed by atoms with Gasteiger partial charge >= 0.3 is 0 Å². The van der Waals surface area contributed by atoms with E-state index in [9.17, 15) is 4.79 Å². The van der Waals surface area contributed by atoms with Crippen molar-refractivity contribution in [3.05, 3.63) is 47.8 Å². The van der Waals surface area contributed by atoms with Gasteiger partial charge in [0.2, 0.25) is 0 Å². The molecule has 3 heterocycles. The number of aromatic nitrogens is 3. The first-order valence-electron chi connectivity index (χ1n) is 6.97. The van der Waals surface area contributed by atoms with Gasteiger partial charge in [0.05, 0.1) is 13.2 Å². The summed E-state index contributed by atoms with van der Waals surface area (Å²) in [5, 5.41) is 0. The van der Waals surface area contributed by atoms with Gasteiger partial charge in [-0.1, -0.05) is 0 Å². The Bertz CT molecular complexity index is 653. The number of ether oxygens (including phenoxy) is 1. The third-order valence-corrected chi connectivity index (χ3v) is 3.62. The van der Waals surface area contributed by atoms with Crippen LogP contribution in [0.4, 0.5) is 0 Å². The number of carbonyl (C=O) groups excluding carboxylic acids is 1. The maximum Gasteiger partial charge on any atom is 0.270 e. The SMILES string of the molecule is Cc1ccnc([C@@H]2CN(C(=O)c3cccn3C)CCO2)n1. The second-order valence-electron chi connectivity index (χ2n) is 5.17. The quantitative estimate of drug-likeness (QED) is 0.836. The predicted octanol–water partition coefficient (Wildman–Crippen LogP) is 1.34. The molecule has 6 heteroatoms. The van der Waals surface area contributed by atoms with Gasteiger partial charge in [-0.3, -0.25) is 4.79 Å². The standard InChI is InChI=1S/C15H18N4O2/c1-11-5-6-16-14(17-11)13-10-19(8-9-21-13)15(20)12-4-3-7-18(12)2/h3-7,13H,8-10H2,1-2H3/t13-/m0/s1. The second kappa shape index (κ2) is 5.65. The van der Waals surface area contributed by atoms with E-state index in [1.807, 2.05) is 42.9 Å². The van der Waals surface area contributed by atoms with Crippen molar-refractivity contribution in [2.24, 2.45) is 7.05 Å². The highest BCUT2D eigenvalue weighted by atomic mass is 16.5. The summed E-state index contributed by atoms with van der Waals surface area (Å²) < 4.78 is 7.55. The van der Waals surface area contributed by atoms with Crippen molar-refractivity contribution in [3.63, 3.8) is 0 Å². The summed E-state index contributed by atoms with van der Waals surface area (Å²) in [6.07, 6.45) is 3.33. The average molecular weight is 286 g/mol. The average Bonchev–Trinajstić information content (AvgIpc) is 2.93. The molecule has 1 aliphatic heterocycles. The maximum absolute atomic E-state index is 12.5. The molecule has 2 aromatic heterocycles. The van der Waals surface area contributed by atoms with Crippen LogP contribution in [0.1, 0.15) is 28.1 Å². The molecule has 1 amide bonds. The highest BCUT2D eigenvalue weighted by Crippen LogP contribution is 2.20. The first-order valence-corrected chi connectivity index (χ1v) is 6.97. The molecule has 1 fully saturated rings. The normalized spacial score (nSPS) is 18.8. The minimum Gasteiger partial charge on any atom is -0.367 e. The van der Waals surface area contributed by atoms with Gasteiger partial charge in [0, 0.05) is 31.7 Å². The van der Waals surface area contributed by atoms with Crippen LogP contribution in [-0.4, -0.2) is 45.0 Å². The lowest BCUT2D eigenvalue weighted by molar-refractivity contribution is -0.0271. The van der Waals surface area contributed by atoms with E-state index >= 15 is 0 Å². The number of morpholine rings is 1. The van der Waals surface area contributed by atoms with Crippen LogP contribution >= 0.6 is 0 Å². The molecule has 3 rings (SSSR count). The maximum atomic E-state index is 12.5. The molecule has 6 nitrogen and oxygen atoms in total. The van der Waals surface area contributed by atoms with Gasteiger partial charge in [0.25, 0.3) is 5.91 Å². The fourth-order valence-corrected chi connectivity index (χ4v) is 2.46. The van der Waals surface area contributed by atoms with E-state index in [0.717, 1.165) is 5.69 Å². The van der Waals surface area contributed by atoms with Crippen LogP contribution in [-0.2, 0) is 11.8 Å². The van der Waals surface area contributed by atoms with Gasteiger partial charge in [-0.05, 0) is 25.1 Å². The van der Waals surface area contributed by atoms with Crippen molar-refractivity contribution in [1.82, 2.24) is 19.4 Å². The second-order valence-corrected chi connectivity index (χ2v) is 5.17. The number of carbonyl (C=O) groups is 1. The lowest BCUT2D eigenvalue weighted by atomic mass is 10.2. The summed E-state index contributed by atoms with van der Waals surface area (Å²) in [6, 6.07) is 5.55. The molecule has 1 saturated heterocycles. The molecule has 0 unspecified atom stereocenters. The van der Waals surface area contributed by atoms with Crippen molar-refractivity contribution in [1.29, 1.82) is 0 Å². The molecule has 110 valence electrons. The number of aryl methyl sites for hydroxylation is 2. The molecule has 2 aromatic rings. The van der Waals surface area contributed by atoms with Crippen molar-refractivity contribution >= 4 is 5.91 Å². The molecule has 0 saturated carbocycles. The predicted molar refractivity (Wildman–Crippen MR) is 76.8 cm³/mol. The van der Waals surface area contributed by atoms with Gasteiger partial charge in [0.15, 0.2) is 5.82 Å². The Morgan fingerprint density at radius 2 is 2.29 bits per heavy atom. The Kier molecular flexibility index (Phi) is 3.70. The van der Waals surface area contributed by atoms with E-state index in [-0.39, 0.29) is 12.0 Å². The van der Waals surface area contributed by atoms with Crippen LogP contribution in [0.5, 0.6) is 0 Å². The summed E-state index contributed by atoms with van der Waals surface area (Å²) in [4.78, 5) is 23.0. The lowest BCUT2D eigenvalue weighted by Crippen LogP contribution is -2.43. The highest BCUT2D eigenvalue weighted by Gasteiger charge is 2.28. The fourth-order valence-electron chi connectivity index (χ4n) is 2.46. The summed E-state index contributed by atoms with van der Waals surface area (Å²) in [7, 11) is 1.87. The minimum atomic E-state index is -0.261. The Hall–Kier alpha value is -2.21. The van der Waals surface area contributed by atoms with Crippen LogP contribution in [0.2, 0.25) is 0 Å². The van der Waals surface area contributed by atoms with E-state index in [1.54, 1.807) is 11.1 Å². The van der Waals surface area contributed by atoms with Crippen molar-refractivity contribution in [2.45, 2.75) is 13.0 Å². The van der Waals surface area contributed by atoms with Crippen LogP contribution in [0.3, 0.4) is 0 Å². The zero-order valence-corrected chi connectivity index (χ0v) is 12.2. The lowest BCUT2D eigenvalue weighted by Gasteiger charge is -2.32. The first kappa shape index (κ1) is 13.8. The van der Waals surface area contributed by atoms with Gasteiger partial charge in [-0.2, -0.15) is 0 Å². The molecule has 0 aliphatic carbocycles. The number of amides is 1. The molecule has 0 N–H and O–H groups in total. The molecule has 0 spiro atoms. The number of rotatable bonds is 2. The number of hydrogen-bond donors (Lipinski definition) is 0. The van der Waals surface area contributed by atoms with Crippen LogP contribution < -0.4 is 0 Å². The van der Waals surface area contributed by atoms with E-state index in [1.165, 1.54) is 0 Å². The van der Waals surface area contributed by atoms with Crippen LogP contribution in [0.25, 0.3) is 0 Å². The largest absolute Gasteiger partial charge is 0.367 e. The monoisotopic (exact) mass is 286 g/mol. The van der Waals surface area contributed by atoms with Crippen molar-refractivity contribution in [2.75, 3.05) is 19.7 Å². The third-order valence-electron chi connectivity index (χ3n) is 3.62. The Labute approximate surface area is 123 Å². The molecule has 1 aliphatic rings. The van der Waals surface area contributed by atoms with E-state index in [4.69, 9.17) is 4.74 Å².